The third-order valence-electron chi connectivity index (χ3n) is 12.3. The van der Waals surface area contributed by atoms with Crippen LogP contribution < -0.4 is 0 Å². The van der Waals surface area contributed by atoms with Crippen molar-refractivity contribution in [3.8, 4) is 22.5 Å². The minimum Gasteiger partial charge on any atom is -0.309 e. The van der Waals surface area contributed by atoms with Crippen molar-refractivity contribution < 1.29 is 8.42 Å². The third kappa shape index (κ3) is 5.79. The van der Waals surface area contributed by atoms with Gasteiger partial charge in [0.15, 0.2) is 0 Å². The van der Waals surface area contributed by atoms with Gasteiger partial charge in [-0.05, 0) is 129 Å². The van der Waals surface area contributed by atoms with E-state index in [4.69, 9.17) is 0 Å². The molecule has 0 bridgehead atoms. The van der Waals surface area contributed by atoms with Crippen LogP contribution in [-0.4, -0.2) is 17.6 Å². The van der Waals surface area contributed by atoms with Crippen molar-refractivity contribution >= 4 is 53.4 Å². The Morgan fingerprint density at radius 2 is 0.614 bits per heavy atom. The molecule has 0 atom stereocenters. The Hall–Kier alpha value is -5.13. The second kappa shape index (κ2) is 12.0. The van der Waals surface area contributed by atoms with E-state index in [1.54, 1.807) is 0 Å². The molecular weight excluding hydrogens is 717 g/mol. The average Bonchev–Trinajstić information content (AvgIpc) is 3.71. The van der Waals surface area contributed by atoms with Crippen LogP contribution in [0.3, 0.4) is 0 Å². The van der Waals surface area contributed by atoms with Crippen molar-refractivity contribution in [2.75, 3.05) is 0 Å². The first-order valence-corrected chi connectivity index (χ1v) is 21.7. The lowest BCUT2D eigenvalue weighted by Gasteiger charge is -2.19. The molecule has 290 valence electrons. The Morgan fingerprint density at radius 1 is 0.351 bits per heavy atom. The SMILES string of the molecule is CC(C)(C)c1ccc2c(c1)c1cc(C(C)(C)C)ccc1n2-c1ccc2c(c1)-c1cc(-n3c4ccc(C(C)(C)C)cc4c4cc(C(C)(C)C)ccc43)ccc1S2(=O)=O. The van der Waals surface area contributed by atoms with E-state index in [1.807, 2.05) is 24.3 Å². The molecule has 0 saturated heterocycles. The molecule has 2 aromatic heterocycles. The number of hydrogen-bond donors (Lipinski definition) is 0. The average molecular weight is 771 g/mol. The molecule has 9 rings (SSSR count). The van der Waals surface area contributed by atoms with Crippen molar-refractivity contribution in [3.05, 3.63) is 131 Å². The second-order valence-corrected chi connectivity index (χ2v) is 22.3. The van der Waals surface area contributed by atoms with Gasteiger partial charge in [0.2, 0.25) is 9.84 Å². The van der Waals surface area contributed by atoms with Gasteiger partial charge in [-0.1, -0.05) is 107 Å². The standard InChI is InChI=1S/C52H54N2O2S/c1-49(2,3)31-13-19-43-37(25-31)38-26-32(50(4,5)6)14-20-44(38)53(43)35-17-23-47-41(29-35)42-30-36(18-24-48(42)57(47,55)56)54-45-21-15-33(51(7,8)9)27-39(45)40-28-34(52(10,11)12)16-22-46(40)54/h13-30H,1-12H3. The highest BCUT2D eigenvalue weighted by atomic mass is 32.2. The van der Waals surface area contributed by atoms with Crippen LogP contribution in [0, 0.1) is 0 Å². The van der Waals surface area contributed by atoms with Crippen LogP contribution >= 0.6 is 0 Å². The molecule has 1 aliphatic heterocycles. The zero-order valence-corrected chi connectivity index (χ0v) is 36.3. The first-order valence-electron chi connectivity index (χ1n) is 20.3. The fraction of sp³-hybridized carbons (Fsp3) is 0.308. The normalized spacial score (nSPS) is 14.6. The Morgan fingerprint density at radius 3 is 0.860 bits per heavy atom. The van der Waals surface area contributed by atoms with E-state index in [9.17, 15) is 8.42 Å². The lowest BCUT2D eigenvalue weighted by Crippen LogP contribution is -2.10. The summed E-state index contributed by atoms with van der Waals surface area (Å²) in [5.74, 6) is 0. The minimum absolute atomic E-state index is 0.00622. The van der Waals surface area contributed by atoms with Crippen molar-refractivity contribution in [2.24, 2.45) is 0 Å². The van der Waals surface area contributed by atoms with Gasteiger partial charge in [0, 0.05) is 44.0 Å². The van der Waals surface area contributed by atoms with E-state index in [2.05, 4.69) is 177 Å². The summed E-state index contributed by atoms with van der Waals surface area (Å²) in [5, 5.41) is 4.81. The van der Waals surface area contributed by atoms with Crippen LogP contribution in [-0.2, 0) is 31.5 Å². The van der Waals surface area contributed by atoms with Gasteiger partial charge in [0.1, 0.15) is 0 Å². The van der Waals surface area contributed by atoms with Gasteiger partial charge in [0.05, 0.1) is 31.9 Å². The quantitative estimate of drug-likeness (QED) is 0.176. The van der Waals surface area contributed by atoms with Crippen molar-refractivity contribution in [3.63, 3.8) is 0 Å². The van der Waals surface area contributed by atoms with Crippen molar-refractivity contribution in [2.45, 2.75) is 115 Å². The molecular formula is C52H54N2O2S. The number of hydrogen-bond acceptors (Lipinski definition) is 2. The topological polar surface area (TPSA) is 44.0 Å². The Kier molecular flexibility index (Phi) is 7.85. The molecule has 0 radical (unpaired) electrons. The molecule has 0 amide bonds. The van der Waals surface area contributed by atoms with Gasteiger partial charge < -0.3 is 9.13 Å². The molecule has 57 heavy (non-hydrogen) atoms. The van der Waals surface area contributed by atoms with Crippen LogP contribution in [0.2, 0.25) is 0 Å². The number of benzene rings is 6. The van der Waals surface area contributed by atoms with E-state index < -0.39 is 9.84 Å². The number of rotatable bonds is 2. The molecule has 6 aromatic carbocycles. The lowest BCUT2D eigenvalue weighted by molar-refractivity contribution is 0.590. The number of fused-ring (bicyclic) bond motifs is 9. The number of aromatic nitrogens is 2. The Bertz CT molecular complexity index is 2760. The van der Waals surface area contributed by atoms with E-state index in [0.717, 1.165) is 44.6 Å². The van der Waals surface area contributed by atoms with Crippen LogP contribution in [0.4, 0.5) is 0 Å². The highest BCUT2D eigenvalue weighted by molar-refractivity contribution is 7.92. The molecule has 0 aliphatic carbocycles. The van der Waals surface area contributed by atoms with Crippen LogP contribution in [0.15, 0.2) is 119 Å². The van der Waals surface area contributed by atoms with E-state index in [-0.39, 0.29) is 21.7 Å². The lowest BCUT2D eigenvalue weighted by atomic mass is 9.85. The number of sulfone groups is 1. The van der Waals surface area contributed by atoms with Gasteiger partial charge in [-0.25, -0.2) is 8.42 Å². The maximum absolute atomic E-state index is 14.2. The zero-order chi connectivity index (χ0) is 40.8. The first-order chi connectivity index (χ1) is 26.5. The Labute approximate surface area is 338 Å². The molecule has 0 saturated carbocycles. The first kappa shape index (κ1) is 37.4. The van der Waals surface area contributed by atoms with Gasteiger partial charge in [-0.2, -0.15) is 0 Å². The maximum atomic E-state index is 14.2. The van der Waals surface area contributed by atoms with Crippen molar-refractivity contribution in [1.82, 2.24) is 9.13 Å². The summed E-state index contributed by atoms with van der Waals surface area (Å²) in [7, 11) is -3.71. The summed E-state index contributed by atoms with van der Waals surface area (Å²) in [6.07, 6.45) is 0. The zero-order valence-electron chi connectivity index (χ0n) is 35.5. The summed E-state index contributed by atoms with van der Waals surface area (Å²) in [4.78, 5) is 0.715. The van der Waals surface area contributed by atoms with E-state index >= 15 is 0 Å². The molecule has 1 aliphatic rings. The molecule has 0 fully saturated rings. The Balaban J connectivity index is 1.28. The predicted octanol–water partition coefficient (Wildman–Crippen LogP) is 13.9. The summed E-state index contributed by atoms with van der Waals surface area (Å²) in [6.45, 7) is 27.1. The molecule has 3 heterocycles. The van der Waals surface area contributed by atoms with Gasteiger partial charge in [-0.15, -0.1) is 0 Å². The van der Waals surface area contributed by atoms with Gasteiger partial charge in [-0.3, -0.25) is 0 Å². The largest absolute Gasteiger partial charge is 0.309 e. The summed E-state index contributed by atoms with van der Waals surface area (Å²) < 4.78 is 33.1. The highest BCUT2D eigenvalue weighted by Crippen LogP contribution is 2.47. The maximum Gasteiger partial charge on any atom is 0.207 e. The summed E-state index contributed by atoms with van der Waals surface area (Å²) in [5.41, 5.74) is 12.9. The molecule has 0 N–H and O–H groups in total. The monoisotopic (exact) mass is 770 g/mol. The fourth-order valence-electron chi connectivity index (χ4n) is 8.79. The second-order valence-electron chi connectivity index (χ2n) is 20.5. The van der Waals surface area contributed by atoms with Crippen LogP contribution in [0.1, 0.15) is 105 Å². The van der Waals surface area contributed by atoms with Gasteiger partial charge >= 0.3 is 0 Å². The smallest absolute Gasteiger partial charge is 0.207 e. The summed E-state index contributed by atoms with van der Waals surface area (Å²) in [6, 6.07) is 39.1. The van der Waals surface area contributed by atoms with E-state index in [1.165, 1.54) is 43.8 Å². The van der Waals surface area contributed by atoms with Crippen LogP contribution in [0.5, 0.6) is 0 Å². The molecule has 8 aromatic rings. The number of nitrogens with zero attached hydrogens (tertiary/aromatic N) is 2. The minimum atomic E-state index is -3.71. The molecule has 0 unspecified atom stereocenters. The third-order valence-corrected chi connectivity index (χ3v) is 14.2. The van der Waals surface area contributed by atoms with Crippen molar-refractivity contribution in [1.29, 1.82) is 0 Å². The summed E-state index contributed by atoms with van der Waals surface area (Å²) >= 11 is 0. The predicted molar refractivity (Wildman–Crippen MR) is 241 cm³/mol. The highest BCUT2D eigenvalue weighted by Gasteiger charge is 2.34. The fourth-order valence-corrected chi connectivity index (χ4v) is 10.4. The van der Waals surface area contributed by atoms with E-state index in [0.29, 0.717) is 9.79 Å². The van der Waals surface area contributed by atoms with Crippen LogP contribution in [0.25, 0.3) is 66.1 Å². The molecule has 0 spiro atoms. The van der Waals surface area contributed by atoms with Gasteiger partial charge in [0.25, 0.3) is 0 Å². The molecule has 4 nitrogen and oxygen atoms in total. The molecule has 5 heteroatoms.